The Morgan fingerprint density at radius 1 is 1.08 bits per heavy atom. The molecule has 0 spiro atoms. The molecule has 0 aliphatic carbocycles. The molecule has 0 amide bonds. The lowest BCUT2D eigenvalue weighted by Crippen LogP contribution is -2.26. The third-order valence-corrected chi connectivity index (χ3v) is 5.62. The predicted molar refractivity (Wildman–Crippen MR) is 99.6 cm³/mol. The Bertz CT molecular complexity index is 951. The summed E-state index contributed by atoms with van der Waals surface area (Å²) >= 11 is 3.29. The molecule has 1 aromatic heterocycles. The lowest BCUT2D eigenvalue weighted by molar-refractivity contribution is 0.581. The lowest BCUT2D eigenvalue weighted by atomic mass is 10.1. The molecule has 2 aromatic carbocycles. The number of nitrogens with zero attached hydrogens (tertiary/aromatic N) is 2. The van der Waals surface area contributed by atoms with Crippen molar-refractivity contribution in [2.75, 3.05) is 6.54 Å². The molecule has 0 bridgehead atoms. The van der Waals surface area contributed by atoms with Crippen molar-refractivity contribution >= 4 is 26.0 Å². The second kappa shape index (κ2) is 7.47. The first-order valence-corrected chi connectivity index (χ1v) is 9.95. The Labute approximate surface area is 154 Å². The summed E-state index contributed by atoms with van der Waals surface area (Å²) in [6.07, 6.45) is 0.425. The van der Waals surface area contributed by atoms with Gasteiger partial charge in [0, 0.05) is 23.0 Å². The minimum Gasteiger partial charge on any atom is -0.263 e. The number of benzene rings is 2. The largest absolute Gasteiger partial charge is 0.263 e. The van der Waals surface area contributed by atoms with E-state index in [4.69, 9.17) is 0 Å². The first-order valence-electron chi connectivity index (χ1n) is 7.67. The third kappa shape index (κ3) is 4.53. The van der Waals surface area contributed by atoms with Crippen molar-refractivity contribution in [1.82, 2.24) is 19.9 Å². The molecule has 0 aliphatic rings. The number of nitrogens with one attached hydrogen (secondary N) is 2. The fourth-order valence-corrected chi connectivity index (χ4v) is 3.54. The summed E-state index contributed by atoms with van der Waals surface area (Å²) in [4.78, 5) is 4.64. The fourth-order valence-electron chi connectivity index (χ4n) is 2.24. The molecule has 6 nitrogen and oxygen atoms in total. The van der Waals surface area contributed by atoms with Crippen molar-refractivity contribution in [3.05, 3.63) is 64.4 Å². The Morgan fingerprint density at radius 2 is 1.76 bits per heavy atom. The third-order valence-electron chi connectivity index (χ3n) is 3.62. The SMILES string of the molecule is Cc1ccc(-c2n[nH]c(CCNS(=O)(=O)c3ccc(Br)cc3)n2)cc1. The number of aromatic amines is 1. The number of sulfonamides is 1. The second-order valence-corrected chi connectivity index (χ2v) is 8.26. The number of aryl methyl sites for hydroxylation is 1. The van der Waals surface area contributed by atoms with Crippen LogP contribution in [0, 0.1) is 6.92 Å². The minimum absolute atomic E-state index is 0.230. The predicted octanol–water partition coefficient (Wildman–Crippen LogP) is 3.06. The van der Waals surface area contributed by atoms with Crippen LogP contribution in [0.4, 0.5) is 0 Å². The first-order chi connectivity index (χ1) is 11.9. The number of H-pyrrole nitrogens is 1. The molecule has 0 radical (unpaired) electrons. The number of aromatic nitrogens is 3. The average molecular weight is 421 g/mol. The zero-order valence-corrected chi connectivity index (χ0v) is 15.9. The monoisotopic (exact) mass is 420 g/mol. The topological polar surface area (TPSA) is 87.7 Å². The molecule has 0 aliphatic heterocycles. The van der Waals surface area contributed by atoms with E-state index in [0.29, 0.717) is 18.1 Å². The Hall–Kier alpha value is -2.03. The van der Waals surface area contributed by atoms with E-state index in [-0.39, 0.29) is 11.4 Å². The summed E-state index contributed by atoms with van der Waals surface area (Å²) in [5.41, 5.74) is 2.09. The summed E-state index contributed by atoms with van der Waals surface area (Å²) in [5, 5.41) is 7.03. The van der Waals surface area contributed by atoms with Crippen LogP contribution in [0.2, 0.25) is 0 Å². The first kappa shape index (κ1) is 17.8. The molecule has 130 valence electrons. The number of rotatable bonds is 6. The van der Waals surface area contributed by atoms with Crippen molar-refractivity contribution in [2.45, 2.75) is 18.2 Å². The van der Waals surface area contributed by atoms with Gasteiger partial charge in [-0.05, 0) is 31.2 Å². The lowest BCUT2D eigenvalue weighted by Gasteiger charge is -2.05. The smallest absolute Gasteiger partial charge is 0.240 e. The quantitative estimate of drug-likeness (QED) is 0.641. The van der Waals surface area contributed by atoms with Crippen LogP contribution >= 0.6 is 15.9 Å². The molecular formula is C17H17BrN4O2S. The van der Waals surface area contributed by atoms with Crippen LogP contribution in [0.25, 0.3) is 11.4 Å². The Balaban J connectivity index is 1.61. The zero-order chi connectivity index (χ0) is 17.9. The van der Waals surface area contributed by atoms with Gasteiger partial charge in [0.2, 0.25) is 10.0 Å². The van der Waals surface area contributed by atoms with Crippen molar-refractivity contribution < 1.29 is 8.42 Å². The van der Waals surface area contributed by atoms with Gasteiger partial charge in [0.25, 0.3) is 0 Å². The van der Waals surface area contributed by atoms with Gasteiger partial charge in [-0.25, -0.2) is 18.1 Å². The number of hydrogen-bond acceptors (Lipinski definition) is 4. The van der Waals surface area contributed by atoms with Crippen LogP contribution in [-0.4, -0.2) is 30.1 Å². The second-order valence-electron chi connectivity index (χ2n) is 5.57. The highest BCUT2D eigenvalue weighted by Gasteiger charge is 2.13. The van der Waals surface area contributed by atoms with Crippen LogP contribution in [0.5, 0.6) is 0 Å². The standard InChI is InChI=1S/C17H17BrN4O2S/c1-12-2-4-13(5-3-12)17-20-16(21-22-17)10-11-19-25(23,24)15-8-6-14(18)7-9-15/h2-9,19H,10-11H2,1H3,(H,20,21,22). The Morgan fingerprint density at radius 3 is 2.44 bits per heavy atom. The number of hydrogen-bond donors (Lipinski definition) is 2. The van der Waals surface area contributed by atoms with Gasteiger partial charge in [-0.15, -0.1) is 0 Å². The van der Waals surface area contributed by atoms with Gasteiger partial charge in [-0.2, -0.15) is 5.10 Å². The fraction of sp³-hybridized carbons (Fsp3) is 0.176. The molecule has 2 N–H and O–H groups in total. The summed E-state index contributed by atoms with van der Waals surface area (Å²) in [6, 6.07) is 14.4. The van der Waals surface area contributed by atoms with Crippen molar-refractivity contribution in [2.24, 2.45) is 0 Å². The highest BCUT2D eigenvalue weighted by atomic mass is 79.9. The van der Waals surface area contributed by atoms with E-state index in [1.807, 2.05) is 31.2 Å². The minimum atomic E-state index is -3.53. The molecule has 3 rings (SSSR count). The van der Waals surface area contributed by atoms with Crippen LogP contribution in [-0.2, 0) is 16.4 Å². The molecule has 0 fully saturated rings. The maximum absolute atomic E-state index is 12.2. The maximum Gasteiger partial charge on any atom is 0.240 e. The van der Waals surface area contributed by atoms with Gasteiger partial charge in [0.15, 0.2) is 5.82 Å². The van der Waals surface area contributed by atoms with E-state index in [9.17, 15) is 8.42 Å². The Kier molecular flexibility index (Phi) is 5.31. The molecule has 8 heteroatoms. The van der Waals surface area contributed by atoms with E-state index >= 15 is 0 Å². The molecule has 25 heavy (non-hydrogen) atoms. The maximum atomic E-state index is 12.2. The van der Waals surface area contributed by atoms with Gasteiger partial charge in [-0.3, -0.25) is 5.10 Å². The van der Waals surface area contributed by atoms with Gasteiger partial charge in [0.05, 0.1) is 4.90 Å². The van der Waals surface area contributed by atoms with Gasteiger partial charge < -0.3 is 0 Å². The van der Waals surface area contributed by atoms with Crippen LogP contribution in [0.1, 0.15) is 11.4 Å². The molecule has 3 aromatic rings. The summed E-state index contributed by atoms with van der Waals surface area (Å²) in [7, 11) is -3.53. The van der Waals surface area contributed by atoms with E-state index < -0.39 is 10.0 Å². The van der Waals surface area contributed by atoms with E-state index in [2.05, 4.69) is 35.8 Å². The van der Waals surface area contributed by atoms with Crippen LogP contribution in [0.15, 0.2) is 57.9 Å². The van der Waals surface area contributed by atoms with Gasteiger partial charge in [-0.1, -0.05) is 45.8 Å². The molecule has 1 heterocycles. The van der Waals surface area contributed by atoms with Crippen LogP contribution in [0.3, 0.4) is 0 Å². The molecule has 0 atom stereocenters. The van der Waals surface area contributed by atoms with Crippen molar-refractivity contribution in [3.63, 3.8) is 0 Å². The van der Waals surface area contributed by atoms with E-state index in [0.717, 1.165) is 10.0 Å². The molecule has 0 saturated heterocycles. The van der Waals surface area contributed by atoms with E-state index in [1.54, 1.807) is 24.3 Å². The summed E-state index contributed by atoms with van der Waals surface area (Å²) in [6.45, 7) is 2.26. The van der Waals surface area contributed by atoms with Gasteiger partial charge in [0.1, 0.15) is 5.82 Å². The average Bonchev–Trinajstić information content (AvgIpc) is 3.04. The molecule has 0 unspecified atom stereocenters. The zero-order valence-electron chi connectivity index (χ0n) is 13.5. The molecule has 0 saturated carbocycles. The van der Waals surface area contributed by atoms with Crippen molar-refractivity contribution in [3.8, 4) is 11.4 Å². The summed E-state index contributed by atoms with van der Waals surface area (Å²) in [5.74, 6) is 1.24. The highest BCUT2D eigenvalue weighted by Crippen LogP contribution is 2.16. The van der Waals surface area contributed by atoms with Gasteiger partial charge >= 0.3 is 0 Å². The van der Waals surface area contributed by atoms with Crippen LogP contribution < -0.4 is 4.72 Å². The number of halogens is 1. The summed E-state index contributed by atoms with van der Waals surface area (Å²) < 4.78 is 27.8. The normalized spacial score (nSPS) is 11.6. The highest BCUT2D eigenvalue weighted by molar-refractivity contribution is 9.10. The van der Waals surface area contributed by atoms with Crippen molar-refractivity contribution in [1.29, 1.82) is 0 Å². The molecular weight excluding hydrogens is 404 g/mol. The van der Waals surface area contributed by atoms with E-state index in [1.165, 1.54) is 5.56 Å².